The van der Waals surface area contributed by atoms with Crippen molar-refractivity contribution in [1.29, 1.82) is 0 Å². The van der Waals surface area contributed by atoms with Gasteiger partial charge in [-0.25, -0.2) is 0 Å². The van der Waals surface area contributed by atoms with E-state index in [-0.39, 0.29) is 21.1 Å². The van der Waals surface area contributed by atoms with E-state index in [4.69, 9.17) is 4.74 Å². The number of hydrogen-bond donors (Lipinski definition) is 1. The van der Waals surface area contributed by atoms with E-state index in [0.717, 1.165) is 12.2 Å². The van der Waals surface area contributed by atoms with Crippen molar-refractivity contribution < 1.29 is 30.9 Å². The van der Waals surface area contributed by atoms with Crippen LogP contribution < -0.4 is 4.74 Å². The normalized spacial score (nSPS) is 9.47. The first-order valence-electron chi connectivity index (χ1n) is 5.19. The smallest absolute Gasteiger partial charge is 0.118 e. The van der Waals surface area contributed by atoms with Gasteiger partial charge in [0.2, 0.25) is 0 Å². The molecule has 0 aliphatic rings. The minimum absolute atomic E-state index is 0. The number of rotatable bonds is 3. The van der Waals surface area contributed by atoms with E-state index in [2.05, 4.69) is 0 Å². The molecular weight excluding hydrogens is 384 g/mol. The minimum atomic E-state index is 0. The largest absolute Gasteiger partial charge is 0.508 e. The predicted molar refractivity (Wildman–Crippen MR) is 63.9 cm³/mol. The van der Waals surface area contributed by atoms with Crippen molar-refractivity contribution in [2.24, 2.45) is 0 Å². The van der Waals surface area contributed by atoms with Gasteiger partial charge in [-0.05, 0) is 41.8 Å². The molecule has 2 rings (SSSR count). The van der Waals surface area contributed by atoms with Crippen LogP contribution in [0.4, 0.5) is 0 Å². The van der Waals surface area contributed by atoms with Crippen LogP contribution in [-0.4, -0.2) is 12.2 Å². The zero-order valence-electron chi connectivity index (χ0n) is 9.59. The second kappa shape index (κ2) is 6.46. The standard InChI is InChI=1S/C14H14O2.W/c1-16-14-8-4-12(5-9-14)10-11-2-6-13(15)7-3-11;/h2-9,15H,10H2,1H3;. The third-order valence-electron chi connectivity index (χ3n) is 2.50. The number of phenolic OH excluding ortho intramolecular Hbond substituents is 1. The molecule has 0 fully saturated rings. The summed E-state index contributed by atoms with van der Waals surface area (Å²) in [5.74, 6) is 1.17. The van der Waals surface area contributed by atoms with Crippen LogP contribution in [0.5, 0.6) is 11.5 Å². The van der Waals surface area contributed by atoms with E-state index in [0.29, 0.717) is 5.75 Å². The van der Waals surface area contributed by atoms with Gasteiger partial charge in [0.1, 0.15) is 11.5 Å². The number of methoxy groups -OCH3 is 1. The van der Waals surface area contributed by atoms with E-state index in [1.165, 1.54) is 11.1 Å². The minimum Gasteiger partial charge on any atom is -0.508 e. The van der Waals surface area contributed by atoms with Crippen molar-refractivity contribution in [3.05, 3.63) is 59.7 Å². The Labute approximate surface area is 116 Å². The Morgan fingerprint density at radius 3 is 1.82 bits per heavy atom. The fraction of sp³-hybridized carbons (Fsp3) is 0.143. The van der Waals surface area contributed by atoms with Crippen molar-refractivity contribution in [3.63, 3.8) is 0 Å². The van der Waals surface area contributed by atoms with E-state index in [1.807, 2.05) is 36.4 Å². The zero-order valence-corrected chi connectivity index (χ0v) is 12.5. The van der Waals surface area contributed by atoms with E-state index in [9.17, 15) is 5.11 Å². The number of benzene rings is 2. The van der Waals surface area contributed by atoms with Crippen LogP contribution in [0.3, 0.4) is 0 Å². The molecule has 1 N–H and O–H groups in total. The van der Waals surface area contributed by atoms with Gasteiger partial charge >= 0.3 is 0 Å². The van der Waals surface area contributed by atoms with Gasteiger partial charge in [0.25, 0.3) is 0 Å². The molecule has 0 amide bonds. The van der Waals surface area contributed by atoms with Crippen molar-refractivity contribution in [3.8, 4) is 11.5 Å². The summed E-state index contributed by atoms with van der Waals surface area (Å²) in [5.41, 5.74) is 2.41. The maximum atomic E-state index is 9.17. The molecule has 0 saturated carbocycles. The van der Waals surface area contributed by atoms with Gasteiger partial charge < -0.3 is 9.84 Å². The molecule has 17 heavy (non-hydrogen) atoms. The first-order valence-corrected chi connectivity index (χ1v) is 5.19. The Morgan fingerprint density at radius 2 is 1.35 bits per heavy atom. The summed E-state index contributed by atoms with van der Waals surface area (Å²) < 4.78 is 5.10. The third kappa shape index (κ3) is 3.90. The number of ether oxygens (including phenoxy) is 1. The monoisotopic (exact) mass is 398 g/mol. The SMILES string of the molecule is COc1ccc(Cc2ccc(O)cc2)cc1.[W]. The molecule has 0 aliphatic heterocycles. The fourth-order valence-corrected chi connectivity index (χ4v) is 1.59. The maximum Gasteiger partial charge on any atom is 0.118 e. The molecule has 0 aromatic heterocycles. The summed E-state index contributed by atoms with van der Waals surface area (Å²) in [6.07, 6.45) is 0.865. The van der Waals surface area contributed by atoms with Crippen molar-refractivity contribution in [1.82, 2.24) is 0 Å². The average Bonchev–Trinajstić information content (AvgIpc) is 2.33. The van der Waals surface area contributed by atoms with Crippen LogP contribution in [0.25, 0.3) is 0 Å². The number of aromatic hydroxyl groups is 1. The van der Waals surface area contributed by atoms with Crippen molar-refractivity contribution in [2.75, 3.05) is 7.11 Å². The number of phenols is 1. The zero-order chi connectivity index (χ0) is 11.4. The first-order chi connectivity index (χ1) is 7.78. The topological polar surface area (TPSA) is 29.5 Å². The summed E-state index contributed by atoms with van der Waals surface area (Å²) in [4.78, 5) is 0. The Bertz CT molecular complexity index is 449. The molecule has 0 heterocycles. The average molecular weight is 398 g/mol. The Hall–Kier alpha value is -1.27. The molecule has 0 unspecified atom stereocenters. The molecule has 0 saturated heterocycles. The van der Waals surface area contributed by atoms with Crippen molar-refractivity contribution in [2.45, 2.75) is 6.42 Å². The molecule has 2 aromatic carbocycles. The molecule has 2 nitrogen and oxygen atoms in total. The van der Waals surface area contributed by atoms with Crippen LogP contribution in [0.2, 0.25) is 0 Å². The van der Waals surface area contributed by atoms with Gasteiger partial charge in [0.05, 0.1) is 7.11 Å². The molecule has 0 radical (unpaired) electrons. The molecule has 0 atom stereocenters. The van der Waals surface area contributed by atoms with Crippen LogP contribution in [0.15, 0.2) is 48.5 Å². The van der Waals surface area contributed by atoms with Gasteiger partial charge in [-0.3, -0.25) is 0 Å². The molecule has 88 valence electrons. The molecule has 0 spiro atoms. The van der Waals surface area contributed by atoms with E-state index < -0.39 is 0 Å². The van der Waals surface area contributed by atoms with Crippen molar-refractivity contribution >= 4 is 0 Å². The quantitative estimate of drug-likeness (QED) is 0.862. The molecule has 2 aromatic rings. The predicted octanol–water partition coefficient (Wildman–Crippen LogP) is 2.99. The molecule has 3 heteroatoms. The Morgan fingerprint density at radius 1 is 0.882 bits per heavy atom. The maximum absolute atomic E-state index is 9.17. The summed E-state index contributed by atoms with van der Waals surface area (Å²) >= 11 is 0. The molecule has 0 aliphatic carbocycles. The Balaban J connectivity index is 0.00000144. The van der Waals surface area contributed by atoms with E-state index >= 15 is 0 Å². The van der Waals surface area contributed by atoms with Crippen LogP contribution in [0, 0.1) is 0 Å². The Kier molecular flexibility index (Phi) is 5.24. The summed E-state index contributed by atoms with van der Waals surface area (Å²) in [6, 6.07) is 15.3. The summed E-state index contributed by atoms with van der Waals surface area (Å²) in [7, 11) is 1.66. The van der Waals surface area contributed by atoms with Crippen LogP contribution in [0.1, 0.15) is 11.1 Å². The number of hydrogen-bond acceptors (Lipinski definition) is 2. The second-order valence-electron chi connectivity index (χ2n) is 3.69. The van der Waals surface area contributed by atoms with Gasteiger partial charge in [-0.2, -0.15) is 0 Å². The first kappa shape index (κ1) is 13.8. The van der Waals surface area contributed by atoms with Gasteiger partial charge in [0.15, 0.2) is 0 Å². The van der Waals surface area contributed by atoms with Gasteiger partial charge in [0, 0.05) is 21.1 Å². The van der Waals surface area contributed by atoms with Gasteiger partial charge in [-0.1, -0.05) is 24.3 Å². The summed E-state index contributed by atoms with van der Waals surface area (Å²) in [6.45, 7) is 0. The summed E-state index contributed by atoms with van der Waals surface area (Å²) in [5, 5.41) is 9.17. The molecular formula is C14H14O2W. The third-order valence-corrected chi connectivity index (χ3v) is 2.50. The van der Waals surface area contributed by atoms with E-state index in [1.54, 1.807) is 19.2 Å². The fourth-order valence-electron chi connectivity index (χ4n) is 1.59. The van der Waals surface area contributed by atoms with Crippen LogP contribution in [-0.2, 0) is 27.5 Å². The van der Waals surface area contributed by atoms with Crippen LogP contribution >= 0.6 is 0 Å². The second-order valence-corrected chi connectivity index (χ2v) is 3.69. The molecule has 0 bridgehead atoms. The van der Waals surface area contributed by atoms with Gasteiger partial charge in [-0.15, -0.1) is 0 Å².